The Morgan fingerprint density at radius 3 is 2.84 bits per heavy atom. The van der Waals surface area contributed by atoms with Gasteiger partial charge in [-0.3, -0.25) is 4.79 Å². The van der Waals surface area contributed by atoms with Crippen LogP contribution in [-0.2, 0) is 6.54 Å². The third kappa shape index (κ3) is 2.90. The molecule has 128 valence electrons. The number of nitrogens with zero attached hydrogens (tertiary/aromatic N) is 4. The van der Waals surface area contributed by atoms with Gasteiger partial charge in [0.25, 0.3) is 5.91 Å². The van der Waals surface area contributed by atoms with Crippen molar-refractivity contribution in [3.05, 3.63) is 60.0 Å². The number of rotatable bonds is 4. The number of aromatic nitrogens is 3. The fourth-order valence-corrected chi connectivity index (χ4v) is 3.65. The van der Waals surface area contributed by atoms with E-state index in [-0.39, 0.29) is 11.8 Å². The second kappa shape index (κ2) is 6.67. The lowest BCUT2D eigenvalue weighted by molar-refractivity contribution is 0.0790. The van der Waals surface area contributed by atoms with E-state index >= 15 is 0 Å². The van der Waals surface area contributed by atoms with E-state index in [0.29, 0.717) is 0 Å². The van der Waals surface area contributed by atoms with Crippen LogP contribution in [0.15, 0.2) is 48.7 Å². The minimum Gasteiger partial charge on any atom is -0.338 e. The number of imidazole rings is 1. The maximum Gasteiger partial charge on any atom is 0.253 e. The molecule has 0 aliphatic carbocycles. The Balaban J connectivity index is 1.60. The van der Waals surface area contributed by atoms with Gasteiger partial charge in [0.1, 0.15) is 11.3 Å². The molecule has 0 saturated carbocycles. The summed E-state index contributed by atoms with van der Waals surface area (Å²) in [6.45, 7) is 4.58. The van der Waals surface area contributed by atoms with Crippen molar-refractivity contribution in [2.75, 3.05) is 13.1 Å². The molecule has 1 atom stereocenters. The summed E-state index contributed by atoms with van der Waals surface area (Å²) in [4.78, 5) is 24.0. The number of likely N-dealkylation sites (tertiary alicyclic amines) is 1. The number of hydrogen-bond donors (Lipinski definition) is 0. The third-order valence-electron chi connectivity index (χ3n) is 4.84. The van der Waals surface area contributed by atoms with E-state index in [1.165, 1.54) is 0 Å². The maximum atomic E-state index is 12.7. The number of hydrogen-bond acceptors (Lipinski definition) is 3. The van der Waals surface area contributed by atoms with Gasteiger partial charge in [-0.1, -0.05) is 25.1 Å². The molecule has 0 N–H and O–H groups in total. The first-order valence-electron chi connectivity index (χ1n) is 8.93. The standard InChI is InChI=1S/C20H22N4O/c1-2-12-24-18(22-17-9-6-11-21-19(17)24)16-10-13-23(14-16)20(25)15-7-4-3-5-8-15/h3-9,11,16H,2,10,12-14H2,1H3/t16-/m0/s1. The molecule has 25 heavy (non-hydrogen) atoms. The van der Waals surface area contributed by atoms with Crippen molar-refractivity contribution in [3.63, 3.8) is 0 Å². The molecule has 3 aromatic rings. The number of aryl methyl sites for hydroxylation is 1. The first-order valence-corrected chi connectivity index (χ1v) is 8.93. The minimum absolute atomic E-state index is 0.111. The van der Waals surface area contributed by atoms with Gasteiger partial charge in [-0.15, -0.1) is 0 Å². The summed E-state index contributed by atoms with van der Waals surface area (Å²) in [6.07, 6.45) is 3.81. The zero-order chi connectivity index (χ0) is 17.2. The van der Waals surface area contributed by atoms with Crippen LogP contribution in [0, 0.1) is 0 Å². The summed E-state index contributed by atoms with van der Waals surface area (Å²) in [5.41, 5.74) is 2.65. The monoisotopic (exact) mass is 334 g/mol. The summed E-state index contributed by atoms with van der Waals surface area (Å²) in [5.74, 6) is 1.45. The Morgan fingerprint density at radius 2 is 2.04 bits per heavy atom. The van der Waals surface area contributed by atoms with Crippen molar-refractivity contribution >= 4 is 17.1 Å². The second-order valence-corrected chi connectivity index (χ2v) is 6.57. The van der Waals surface area contributed by atoms with Crippen LogP contribution in [0.3, 0.4) is 0 Å². The molecule has 0 bridgehead atoms. The fraction of sp³-hybridized carbons (Fsp3) is 0.350. The Labute approximate surface area is 147 Å². The SMILES string of the molecule is CCCn1c([C@H]2CCN(C(=O)c3ccccc3)C2)nc2cccnc21. The van der Waals surface area contributed by atoms with Gasteiger partial charge < -0.3 is 9.47 Å². The molecule has 1 aromatic carbocycles. The summed E-state index contributed by atoms with van der Waals surface area (Å²) in [6, 6.07) is 13.5. The Kier molecular flexibility index (Phi) is 4.22. The van der Waals surface area contributed by atoms with E-state index in [4.69, 9.17) is 4.98 Å². The molecule has 1 saturated heterocycles. The number of amides is 1. The van der Waals surface area contributed by atoms with E-state index in [2.05, 4.69) is 16.5 Å². The summed E-state index contributed by atoms with van der Waals surface area (Å²) >= 11 is 0. The highest BCUT2D eigenvalue weighted by molar-refractivity contribution is 5.94. The summed E-state index contributed by atoms with van der Waals surface area (Å²) in [7, 11) is 0. The van der Waals surface area contributed by atoms with Gasteiger partial charge in [-0.2, -0.15) is 0 Å². The molecule has 1 aliphatic rings. The van der Waals surface area contributed by atoms with Gasteiger partial charge >= 0.3 is 0 Å². The number of benzene rings is 1. The van der Waals surface area contributed by atoms with Crippen molar-refractivity contribution < 1.29 is 4.79 Å². The molecule has 1 fully saturated rings. The minimum atomic E-state index is 0.111. The average Bonchev–Trinajstić information content (AvgIpc) is 3.27. The predicted molar refractivity (Wildman–Crippen MR) is 97.5 cm³/mol. The largest absolute Gasteiger partial charge is 0.338 e. The summed E-state index contributed by atoms with van der Waals surface area (Å²) < 4.78 is 2.23. The Morgan fingerprint density at radius 1 is 1.20 bits per heavy atom. The Hall–Kier alpha value is -2.69. The van der Waals surface area contributed by atoms with Crippen LogP contribution in [0.2, 0.25) is 0 Å². The molecule has 3 heterocycles. The molecule has 0 radical (unpaired) electrons. The number of pyridine rings is 1. The molecule has 2 aromatic heterocycles. The van der Waals surface area contributed by atoms with E-state index in [0.717, 1.165) is 55.0 Å². The molecule has 0 spiro atoms. The van der Waals surface area contributed by atoms with Gasteiger partial charge in [-0.25, -0.2) is 9.97 Å². The van der Waals surface area contributed by atoms with Gasteiger partial charge in [0, 0.05) is 37.3 Å². The zero-order valence-corrected chi connectivity index (χ0v) is 14.4. The zero-order valence-electron chi connectivity index (χ0n) is 14.4. The lowest BCUT2D eigenvalue weighted by Gasteiger charge is -2.17. The van der Waals surface area contributed by atoms with Crippen molar-refractivity contribution in [2.45, 2.75) is 32.2 Å². The van der Waals surface area contributed by atoms with Crippen LogP contribution in [0.5, 0.6) is 0 Å². The second-order valence-electron chi connectivity index (χ2n) is 6.57. The predicted octanol–water partition coefficient (Wildman–Crippen LogP) is 3.47. The molecule has 5 heteroatoms. The van der Waals surface area contributed by atoms with E-state index in [1.807, 2.05) is 53.6 Å². The van der Waals surface area contributed by atoms with Gasteiger partial charge in [0.05, 0.1) is 0 Å². The highest BCUT2D eigenvalue weighted by Gasteiger charge is 2.31. The molecular weight excluding hydrogens is 312 g/mol. The van der Waals surface area contributed by atoms with Crippen molar-refractivity contribution in [1.82, 2.24) is 19.4 Å². The quantitative estimate of drug-likeness (QED) is 0.734. The van der Waals surface area contributed by atoms with Gasteiger partial charge in [0.2, 0.25) is 0 Å². The maximum absolute atomic E-state index is 12.7. The molecule has 1 aliphatic heterocycles. The van der Waals surface area contributed by atoms with Crippen molar-refractivity contribution in [2.24, 2.45) is 0 Å². The normalized spacial score (nSPS) is 17.3. The highest BCUT2D eigenvalue weighted by atomic mass is 16.2. The molecule has 5 nitrogen and oxygen atoms in total. The van der Waals surface area contributed by atoms with Crippen LogP contribution in [-0.4, -0.2) is 38.4 Å². The Bertz CT molecular complexity index is 887. The lowest BCUT2D eigenvalue weighted by Crippen LogP contribution is -2.28. The van der Waals surface area contributed by atoms with Crippen LogP contribution in [0.25, 0.3) is 11.2 Å². The van der Waals surface area contributed by atoms with Crippen LogP contribution >= 0.6 is 0 Å². The van der Waals surface area contributed by atoms with E-state index < -0.39 is 0 Å². The smallest absolute Gasteiger partial charge is 0.253 e. The van der Waals surface area contributed by atoms with Crippen LogP contribution < -0.4 is 0 Å². The first-order chi connectivity index (χ1) is 12.3. The number of carbonyl (C=O) groups excluding carboxylic acids is 1. The lowest BCUT2D eigenvalue weighted by atomic mass is 10.1. The first kappa shape index (κ1) is 15.8. The van der Waals surface area contributed by atoms with Crippen LogP contribution in [0.1, 0.15) is 41.9 Å². The van der Waals surface area contributed by atoms with Crippen LogP contribution in [0.4, 0.5) is 0 Å². The number of fused-ring (bicyclic) bond motifs is 1. The fourth-order valence-electron chi connectivity index (χ4n) is 3.65. The van der Waals surface area contributed by atoms with E-state index in [9.17, 15) is 4.79 Å². The van der Waals surface area contributed by atoms with Crippen molar-refractivity contribution in [1.29, 1.82) is 0 Å². The molecule has 1 amide bonds. The molecule has 0 unspecified atom stereocenters. The van der Waals surface area contributed by atoms with Gasteiger partial charge in [-0.05, 0) is 37.1 Å². The molecular formula is C20H22N4O. The van der Waals surface area contributed by atoms with Gasteiger partial charge in [0.15, 0.2) is 5.65 Å². The molecule has 4 rings (SSSR count). The highest BCUT2D eigenvalue weighted by Crippen LogP contribution is 2.30. The average molecular weight is 334 g/mol. The van der Waals surface area contributed by atoms with Crippen molar-refractivity contribution in [3.8, 4) is 0 Å². The van der Waals surface area contributed by atoms with E-state index in [1.54, 1.807) is 0 Å². The number of carbonyl (C=O) groups is 1. The third-order valence-corrected chi connectivity index (χ3v) is 4.84. The topological polar surface area (TPSA) is 51.0 Å². The summed E-state index contributed by atoms with van der Waals surface area (Å²) in [5, 5.41) is 0.